The quantitative estimate of drug-likeness (QED) is 0.737. The average Bonchev–Trinajstić information content (AvgIpc) is 2.72. The molecular formula is C11H13N3. The van der Waals surface area contributed by atoms with Crippen molar-refractivity contribution in [3.63, 3.8) is 0 Å². The van der Waals surface area contributed by atoms with Crippen LogP contribution in [0.4, 0.5) is 0 Å². The van der Waals surface area contributed by atoms with Gasteiger partial charge >= 0.3 is 0 Å². The van der Waals surface area contributed by atoms with Crippen LogP contribution in [-0.2, 0) is 6.42 Å². The first-order chi connectivity index (χ1) is 6.92. The van der Waals surface area contributed by atoms with E-state index in [1.54, 1.807) is 12.7 Å². The van der Waals surface area contributed by atoms with Gasteiger partial charge in [0.05, 0.1) is 5.69 Å². The van der Waals surface area contributed by atoms with Gasteiger partial charge in [0.15, 0.2) is 0 Å². The van der Waals surface area contributed by atoms with Gasteiger partial charge in [-0.3, -0.25) is 0 Å². The Balaban J connectivity index is 2.42. The first-order valence-corrected chi connectivity index (χ1v) is 4.84. The van der Waals surface area contributed by atoms with Gasteiger partial charge in [0, 0.05) is 0 Å². The number of benzene rings is 1. The summed E-state index contributed by atoms with van der Waals surface area (Å²) in [5, 5.41) is 4.13. The van der Waals surface area contributed by atoms with Crippen molar-refractivity contribution < 1.29 is 0 Å². The Morgan fingerprint density at radius 3 is 2.86 bits per heavy atom. The van der Waals surface area contributed by atoms with Crippen LogP contribution >= 0.6 is 0 Å². The summed E-state index contributed by atoms with van der Waals surface area (Å²) in [7, 11) is 0. The Morgan fingerprint density at radius 1 is 1.29 bits per heavy atom. The predicted octanol–water partition coefficient (Wildman–Crippen LogP) is 2.22. The van der Waals surface area contributed by atoms with Crippen LogP contribution in [0.3, 0.4) is 0 Å². The molecule has 0 unspecified atom stereocenters. The second-order valence-electron chi connectivity index (χ2n) is 3.22. The molecule has 0 saturated carbocycles. The van der Waals surface area contributed by atoms with E-state index in [0.717, 1.165) is 18.5 Å². The van der Waals surface area contributed by atoms with Crippen LogP contribution in [0.25, 0.3) is 5.69 Å². The van der Waals surface area contributed by atoms with Crippen molar-refractivity contribution in [2.75, 3.05) is 0 Å². The highest BCUT2D eigenvalue weighted by atomic mass is 15.3. The molecule has 0 aliphatic carbocycles. The highest BCUT2D eigenvalue weighted by Gasteiger charge is 2.02. The lowest BCUT2D eigenvalue weighted by Gasteiger charge is -2.06. The van der Waals surface area contributed by atoms with Gasteiger partial charge in [-0.2, -0.15) is 5.10 Å². The highest BCUT2D eigenvalue weighted by Crippen LogP contribution is 2.14. The van der Waals surface area contributed by atoms with Crippen molar-refractivity contribution in [3.8, 4) is 5.69 Å². The summed E-state index contributed by atoms with van der Waals surface area (Å²) in [6.07, 6.45) is 5.51. The summed E-state index contributed by atoms with van der Waals surface area (Å²) in [4.78, 5) is 3.95. The molecule has 0 saturated heterocycles. The average molecular weight is 187 g/mol. The van der Waals surface area contributed by atoms with Crippen molar-refractivity contribution in [1.29, 1.82) is 0 Å². The van der Waals surface area contributed by atoms with E-state index in [1.807, 2.05) is 10.7 Å². The molecule has 0 aliphatic heterocycles. The van der Waals surface area contributed by atoms with Crippen molar-refractivity contribution in [2.45, 2.75) is 19.8 Å². The van der Waals surface area contributed by atoms with E-state index in [0.29, 0.717) is 0 Å². The Labute approximate surface area is 83.4 Å². The topological polar surface area (TPSA) is 30.7 Å². The van der Waals surface area contributed by atoms with Crippen LogP contribution in [0.5, 0.6) is 0 Å². The first-order valence-electron chi connectivity index (χ1n) is 4.84. The number of nitrogens with zero attached hydrogens (tertiary/aromatic N) is 3. The summed E-state index contributed by atoms with van der Waals surface area (Å²) in [5.74, 6) is 0. The molecule has 1 aromatic carbocycles. The fourth-order valence-corrected chi connectivity index (χ4v) is 1.55. The SMILES string of the molecule is CCCc1ccccc1-n1cncn1. The van der Waals surface area contributed by atoms with E-state index in [1.165, 1.54) is 5.56 Å². The lowest BCUT2D eigenvalue weighted by Crippen LogP contribution is -1.99. The molecule has 1 aromatic heterocycles. The van der Waals surface area contributed by atoms with E-state index in [-0.39, 0.29) is 0 Å². The number of aromatic nitrogens is 3. The van der Waals surface area contributed by atoms with Crippen LogP contribution in [0, 0.1) is 0 Å². The van der Waals surface area contributed by atoms with Gasteiger partial charge < -0.3 is 0 Å². The molecule has 1 heterocycles. The van der Waals surface area contributed by atoms with Gasteiger partial charge in [0.1, 0.15) is 12.7 Å². The Bertz CT molecular complexity index is 393. The molecule has 0 bridgehead atoms. The molecular weight excluding hydrogens is 174 g/mol. The zero-order valence-corrected chi connectivity index (χ0v) is 8.22. The standard InChI is InChI=1S/C11H13N3/c1-2-5-10-6-3-4-7-11(10)14-9-12-8-13-14/h3-4,6-9H,2,5H2,1H3. The number of aryl methyl sites for hydroxylation is 1. The summed E-state index contributed by atoms with van der Waals surface area (Å²) in [6.45, 7) is 2.18. The molecule has 0 radical (unpaired) electrons. The van der Waals surface area contributed by atoms with Crippen LogP contribution in [-0.4, -0.2) is 14.8 Å². The van der Waals surface area contributed by atoms with Gasteiger partial charge in [-0.15, -0.1) is 0 Å². The van der Waals surface area contributed by atoms with Crippen molar-refractivity contribution in [1.82, 2.24) is 14.8 Å². The molecule has 2 rings (SSSR count). The van der Waals surface area contributed by atoms with Crippen LogP contribution in [0.15, 0.2) is 36.9 Å². The van der Waals surface area contributed by atoms with Gasteiger partial charge in [0.2, 0.25) is 0 Å². The summed E-state index contributed by atoms with van der Waals surface area (Å²) in [5.41, 5.74) is 2.45. The fraction of sp³-hybridized carbons (Fsp3) is 0.273. The Morgan fingerprint density at radius 2 is 2.14 bits per heavy atom. The third-order valence-electron chi connectivity index (χ3n) is 2.18. The van der Waals surface area contributed by atoms with E-state index in [4.69, 9.17) is 0 Å². The van der Waals surface area contributed by atoms with Gasteiger partial charge in [0.25, 0.3) is 0 Å². The molecule has 0 aliphatic rings. The van der Waals surface area contributed by atoms with Crippen LogP contribution in [0.1, 0.15) is 18.9 Å². The molecule has 2 aromatic rings. The summed E-state index contributed by atoms with van der Waals surface area (Å²) < 4.78 is 1.81. The predicted molar refractivity (Wildman–Crippen MR) is 55.4 cm³/mol. The van der Waals surface area contributed by atoms with Crippen molar-refractivity contribution in [2.24, 2.45) is 0 Å². The normalized spacial score (nSPS) is 10.4. The molecule has 3 nitrogen and oxygen atoms in total. The number of hydrogen-bond acceptors (Lipinski definition) is 2. The number of rotatable bonds is 3. The summed E-state index contributed by atoms with van der Waals surface area (Å²) >= 11 is 0. The zero-order valence-electron chi connectivity index (χ0n) is 8.22. The molecule has 0 fully saturated rings. The lowest BCUT2D eigenvalue weighted by molar-refractivity contribution is 0.838. The van der Waals surface area contributed by atoms with Crippen LogP contribution < -0.4 is 0 Å². The minimum Gasteiger partial charge on any atom is -0.223 e. The van der Waals surface area contributed by atoms with Crippen molar-refractivity contribution in [3.05, 3.63) is 42.5 Å². The van der Waals surface area contributed by atoms with Crippen LogP contribution in [0.2, 0.25) is 0 Å². The largest absolute Gasteiger partial charge is 0.223 e. The summed E-state index contributed by atoms with van der Waals surface area (Å²) in [6, 6.07) is 8.29. The lowest BCUT2D eigenvalue weighted by atomic mass is 10.1. The second-order valence-corrected chi connectivity index (χ2v) is 3.22. The maximum Gasteiger partial charge on any atom is 0.138 e. The van der Waals surface area contributed by atoms with E-state index in [2.05, 4.69) is 35.2 Å². The molecule has 14 heavy (non-hydrogen) atoms. The van der Waals surface area contributed by atoms with Gasteiger partial charge in [-0.05, 0) is 18.1 Å². The first kappa shape index (κ1) is 8.94. The maximum absolute atomic E-state index is 4.13. The van der Waals surface area contributed by atoms with E-state index < -0.39 is 0 Å². The monoisotopic (exact) mass is 187 g/mol. The minimum atomic E-state index is 1.08. The Hall–Kier alpha value is -1.64. The molecule has 3 heteroatoms. The molecule has 72 valence electrons. The third kappa shape index (κ3) is 1.66. The third-order valence-corrected chi connectivity index (χ3v) is 2.18. The molecule has 0 amide bonds. The van der Waals surface area contributed by atoms with Crippen molar-refractivity contribution >= 4 is 0 Å². The van der Waals surface area contributed by atoms with Gasteiger partial charge in [-0.25, -0.2) is 9.67 Å². The molecule has 0 atom stereocenters. The highest BCUT2D eigenvalue weighted by molar-refractivity contribution is 5.39. The second kappa shape index (κ2) is 4.05. The minimum absolute atomic E-state index is 1.08. The fourth-order valence-electron chi connectivity index (χ4n) is 1.55. The maximum atomic E-state index is 4.13. The molecule has 0 spiro atoms. The van der Waals surface area contributed by atoms with Gasteiger partial charge in [-0.1, -0.05) is 31.5 Å². The van der Waals surface area contributed by atoms with E-state index >= 15 is 0 Å². The number of hydrogen-bond donors (Lipinski definition) is 0. The number of para-hydroxylation sites is 1. The van der Waals surface area contributed by atoms with E-state index in [9.17, 15) is 0 Å². The Kier molecular flexibility index (Phi) is 2.58. The molecule has 0 N–H and O–H groups in total. The zero-order chi connectivity index (χ0) is 9.80. The smallest absolute Gasteiger partial charge is 0.138 e.